The first-order valence-corrected chi connectivity index (χ1v) is 5.56. The second kappa shape index (κ2) is 4.56. The minimum absolute atomic E-state index is 0.145. The third-order valence-electron chi connectivity index (χ3n) is 3.20. The number of aryl methyl sites for hydroxylation is 1. The van der Waals surface area contributed by atoms with E-state index in [4.69, 9.17) is 0 Å². The summed E-state index contributed by atoms with van der Waals surface area (Å²) in [4.78, 5) is 11.2. The highest BCUT2D eigenvalue weighted by molar-refractivity contribution is 5.69. The molecule has 1 aliphatic rings. The molecular formula is C13H16O3. The van der Waals surface area contributed by atoms with Gasteiger partial charge >= 0.3 is 5.97 Å². The topological polar surface area (TPSA) is 46.5 Å². The van der Waals surface area contributed by atoms with Crippen LogP contribution in [0, 0.1) is 5.92 Å². The molecule has 86 valence electrons. The Kier molecular flexibility index (Phi) is 3.13. The molecule has 1 aromatic carbocycles. The number of ether oxygens (including phenoxy) is 1. The zero-order chi connectivity index (χ0) is 11.5. The van der Waals surface area contributed by atoms with Crippen LogP contribution >= 0.6 is 0 Å². The van der Waals surface area contributed by atoms with Gasteiger partial charge in [-0.25, -0.2) is 0 Å². The molecule has 1 aliphatic carbocycles. The number of aromatic hydroxyl groups is 1. The molecule has 3 heteroatoms. The van der Waals surface area contributed by atoms with E-state index < -0.39 is 0 Å². The summed E-state index contributed by atoms with van der Waals surface area (Å²) in [5.74, 6) is 0.507. The van der Waals surface area contributed by atoms with Gasteiger partial charge in [0.05, 0.1) is 7.11 Å². The lowest BCUT2D eigenvalue weighted by Crippen LogP contribution is -2.18. The molecule has 0 radical (unpaired) electrons. The largest absolute Gasteiger partial charge is 0.508 e. The maximum absolute atomic E-state index is 11.2. The van der Waals surface area contributed by atoms with Crippen molar-refractivity contribution in [2.75, 3.05) is 7.11 Å². The van der Waals surface area contributed by atoms with Gasteiger partial charge in [-0.15, -0.1) is 0 Å². The van der Waals surface area contributed by atoms with E-state index in [2.05, 4.69) is 4.74 Å². The van der Waals surface area contributed by atoms with Gasteiger partial charge in [-0.2, -0.15) is 0 Å². The van der Waals surface area contributed by atoms with E-state index >= 15 is 0 Å². The summed E-state index contributed by atoms with van der Waals surface area (Å²) in [7, 11) is 1.42. The molecular weight excluding hydrogens is 204 g/mol. The minimum Gasteiger partial charge on any atom is -0.508 e. The zero-order valence-electron chi connectivity index (χ0n) is 9.40. The number of benzene rings is 1. The standard InChI is InChI=1S/C13H16O3/c1-16-13(15)7-9-2-3-10-4-5-12(14)8-11(10)6-9/h4-5,8-9,14H,2-3,6-7H2,1H3. The first-order valence-electron chi connectivity index (χ1n) is 5.56. The summed E-state index contributed by atoms with van der Waals surface area (Å²) in [5.41, 5.74) is 2.46. The Morgan fingerprint density at radius 3 is 3.06 bits per heavy atom. The average Bonchev–Trinajstić information content (AvgIpc) is 2.28. The lowest BCUT2D eigenvalue weighted by molar-refractivity contribution is -0.141. The van der Waals surface area contributed by atoms with Crippen molar-refractivity contribution in [3.63, 3.8) is 0 Å². The monoisotopic (exact) mass is 220 g/mol. The molecule has 0 amide bonds. The molecule has 1 N–H and O–H groups in total. The quantitative estimate of drug-likeness (QED) is 0.776. The lowest BCUT2D eigenvalue weighted by atomic mass is 9.82. The molecule has 1 atom stereocenters. The highest BCUT2D eigenvalue weighted by atomic mass is 16.5. The predicted octanol–water partition coefficient (Wildman–Crippen LogP) is 2.06. The predicted molar refractivity (Wildman–Crippen MR) is 60.3 cm³/mol. The Hall–Kier alpha value is -1.51. The van der Waals surface area contributed by atoms with E-state index in [0.29, 0.717) is 18.1 Å². The molecule has 0 saturated heterocycles. The second-order valence-electron chi connectivity index (χ2n) is 4.34. The van der Waals surface area contributed by atoms with E-state index in [1.807, 2.05) is 6.07 Å². The molecule has 0 spiro atoms. The Morgan fingerprint density at radius 1 is 1.50 bits per heavy atom. The van der Waals surface area contributed by atoms with Crippen molar-refractivity contribution in [1.29, 1.82) is 0 Å². The fourth-order valence-electron chi connectivity index (χ4n) is 2.31. The third kappa shape index (κ3) is 2.35. The van der Waals surface area contributed by atoms with Gasteiger partial charge in [0.2, 0.25) is 0 Å². The van der Waals surface area contributed by atoms with Crippen LogP contribution in [0.2, 0.25) is 0 Å². The van der Waals surface area contributed by atoms with Gasteiger partial charge in [-0.3, -0.25) is 4.79 Å². The number of phenols is 1. The van der Waals surface area contributed by atoms with E-state index in [0.717, 1.165) is 19.3 Å². The molecule has 1 aromatic rings. The van der Waals surface area contributed by atoms with Gasteiger partial charge in [0.25, 0.3) is 0 Å². The molecule has 0 aromatic heterocycles. The number of rotatable bonds is 2. The average molecular weight is 220 g/mol. The van der Waals surface area contributed by atoms with Crippen LogP contribution in [0.5, 0.6) is 5.75 Å². The van der Waals surface area contributed by atoms with Gasteiger partial charge in [-0.05, 0) is 48.4 Å². The fourth-order valence-corrected chi connectivity index (χ4v) is 2.31. The van der Waals surface area contributed by atoms with E-state index in [1.165, 1.54) is 18.2 Å². The Labute approximate surface area is 95.0 Å². The van der Waals surface area contributed by atoms with Crippen molar-refractivity contribution in [1.82, 2.24) is 0 Å². The summed E-state index contributed by atoms with van der Waals surface area (Å²) in [6, 6.07) is 5.50. The third-order valence-corrected chi connectivity index (χ3v) is 3.20. The SMILES string of the molecule is COC(=O)CC1CCc2ccc(O)cc2C1. The van der Waals surface area contributed by atoms with Crippen LogP contribution in [-0.2, 0) is 22.4 Å². The van der Waals surface area contributed by atoms with Crippen molar-refractivity contribution in [2.45, 2.75) is 25.7 Å². The molecule has 1 unspecified atom stereocenters. The summed E-state index contributed by atoms with van der Waals surface area (Å²) < 4.78 is 4.68. The molecule has 0 heterocycles. The van der Waals surface area contributed by atoms with Crippen LogP contribution in [0.15, 0.2) is 18.2 Å². The highest BCUT2D eigenvalue weighted by Gasteiger charge is 2.21. The van der Waals surface area contributed by atoms with Gasteiger partial charge in [0.1, 0.15) is 5.75 Å². The Balaban J connectivity index is 2.08. The minimum atomic E-state index is -0.145. The maximum atomic E-state index is 11.2. The molecule has 0 fully saturated rings. The van der Waals surface area contributed by atoms with E-state index in [-0.39, 0.29) is 5.97 Å². The van der Waals surface area contributed by atoms with Crippen molar-refractivity contribution in [3.05, 3.63) is 29.3 Å². The summed E-state index contributed by atoms with van der Waals surface area (Å²) >= 11 is 0. The lowest BCUT2D eigenvalue weighted by Gasteiger charge is -2.23. The number of hydrogen-bond acceptors (Lipinski definition) is 3. The van der Waals surface area contributed by atoms with Crippen molar-refractivity contribution in [3.8, 4) is 5.75 Å². The van der Waals surface area contributed by atoms with Crippen molar-refractivity contribution < 1.29 is 14.6 Å². The van der Waals surface area contributed by atoms with Crippen molar-refractivity contribution in [2.24, 2.45) is 5.92 Å². The van der Waals surface area contributed by atoms with Gasteiger partial charge in [-0.1, -0.05) is 6.07 Å². The van der Waals surface area contributed by atoms with Crippen molar-refractivity contribution >= 4 is 5.97 Å². The number of hydrogen-bond donors (Lipinski definition) is 1. The number of esters is 1. The number of phenolic OH excluding ortho intramolecular Hbond substituents is 1. The van der Waals surface area contributed by atoms with Gasteiger partial charge in [0, 0.05) is 6.42 Å². The number of methoxy groups -OCH3 is 1. The number of carbonyl (C=O) groups excluding carboxylic acids is 1. The zero-order valence-corrected chi connectivity index (χ0v) is 9.40. The van der Waals surface area contributed by atoms with Gasteiger partial charge < -0.3 is 9.84 Å². The normalized spacial score (nSPS) is 18.9. The highest BCUT2D eigenvalue weighted by Crippen LogP contribution is 2.29. The molecule has 0 bridgehead atoms. The van der Waals surface area contributed by atoms with E-state index in [9.17, 15) is 9.90 Å². The summed E-state index contributed by atoms with van der Waals surface area (Å²) in [6.07, 6.45) is 3.34. The maximum Gasteiger partial charge on any atom is 0.305 e. The Morgan fingerprint density at radius 2 is 2.31 bits per heavy atom. The second-order valence-corrected chi connectivity index (χ2v) is 4.34. The smallest absolute Gasteiger partial charge is 0.305 e. The molecule has 2 rings (SSSR count). The first-order chi connectivity index (χ1) is 7.69. The van der Waals surface area contributed by atoms with Gasteiger partial charge in [0.15, 0.2) is 0 Å². The Bertz CT molecular complexity index is 398. The number of fused-ring (bicyclic) bond motifs is 1. The number of carbonyl (C=O) groups is 1. The van der Waals surface area contributed by atoms with Crippen LogP contribution in [0.25, 0.3) is 0 Å². The summed E-state index contributed by atoms with van der Waals surface area (Å²) in [5, 5.41) is 9.41. The summed E-state index contributed by atoms with van der Waals surface area (Å²) in [6.45, 7) is 0. The molecule has 0 aliphatic heterocycles. The van der Waals surface area contributed by atoms with Crippen LogP contribution in [-0.4, -0.2) is 18.2 Å². The fraction of sp³-hybridized carbons (Fsp3) is 0.462. The van der Waals surface area contributed by atoms with Crippen LogP contribution < -0.4 is 0 Å². The first kappa shape index (κ1) is 11.0. The van der Waals surface area contributed by atoms with Crippen LogP contribution in [0.3, 0.4) is 0 Å². The van der Waals surface area contributed by atoms with E-state index in [1.54, 1.807) is 12.1 Å². The van der Waals surface area contributed by atoms with Crippen LogP contribution in [0.4, 0.5) is 0 Å². The molecule has 16 heavy (non-hydrogen) atoms. The molecule has 3 nitrogen and oxygen atoms in total. The van der Waals surface area contributed by atoms with Crippen LogP contribution in [0.1, 0.15) is 24.0 Å². The molecule has 0 saturated carbocycles.